The van der Waals surface area contributed by atoms with E-state index < -0.39 is 5.91 Å². The fraction of sp³-hybridized carbons (Fsp3) is 0.200. The molecule has 2 amide bonds. The van der Waals surface area contributed by atoms with Crippen molar-refractivity contribution >= 4 is 23.2 Å². The van der Waals surface area contributed by atoms with E-state index in [1.165, 1.54) is 18.5 Å². The molecule has 2 heterocycles. The summed E-state index contributed by atoms with van der Waals surface area (Å²) in [5.74, 6) is -1.11. The van der Waals surface area contributed by atoms with Crippen molar-refractivity contribution in [1.82, 2.24) is 20.6 Å². The summed E-state index contributed by atoms with van der Waals surface area (Å²) in [7, 11) is 0. The summed E-state index contributed by atoms with van der Waals surface area (Å²) in [6.45, 7) is 4.27. The highest BCUT2D eigenvalue weighted by atomic mass is 32.1. The molecule has 0 fully saturated rings. The van der Waals surface area contributed by atoms with E-state index in [0.29, 0.717) is 12.1 Å². The Kier molecular flexibility index (Phi) is 6.10. The molecular formula is C20H19FN4O2S. The lowest BCUT2D eigenvalue weighted by Gasteiger charge is -2.08. The number of carbonyl (C=O) groups is 2. The Labute approximate surface area is 165 Å². The van der Waals surface area contributed by atoms with Gasteiger partial charge in [0.1, 0.15) is 23.5 Å². The van der Waals surface area contributed by atoms with Crippen LogP contribution in [0.5, 0.6) is 0 Å². The summed E-state index contributed by atoms with van der Waals surface area (Å²) in [5.41, 5.74) is 2.60. The lowest BCUT2D eigenvalue weighted by Crippen LogP contribution is -2.27. The molecule has 0 radical (unpaired) electrons. The third-order valence-corrected chi connectivity index (χ3v) is 5.21. The molecule has 2 N–H and O–H groups in total. The van der Waals surface area contributed by atoms with Gasteiger partial charge in [0.2, 0.25) is 0 Å². The van der Waals surface area contributed by atoms with E-state index in [9.17, 15) is 14.0 Å². The van der Waals surface area contributed by atoms with Gasteiger partial charge < -0.3 is 10.6 Å². The van der Waals surface area contributed by atoms with E-state index in [2.05, 4.69) is 20.6 Å². The van der Waals surface area contributed by atoms with E-state index in [1.54, 1.807) is 30.4 Å². The minimum absolute atomic E-state index is 0.0892. The molecule has 3 aromatic rings. The first-order valence-corrected chi connectivity index (χ1v) is 9.48. The van der Waals surface area contributed by atoms with Crippen LogP contribution >= 0.6 is 11.3 Å². The molecule has 6 nitrogen and oxygen atoms in total. The second kappa shape index (κ2) is 8.71. The predicted octanol–water partition coefficient (Wildman–Crippen LogP) is 3.15. The molecule has 2 aromatic heterocycles. The Balaban J connectivity index is 1.61. The van der Waals surface area contributed by atoms with Gasteiger partial charge in [-0.05, 0) is 48.1 Å². The molecule has 0 saturated heterocycles. The third kappa shape index (κ3) is 4.77. The summed E-state index contributed by atoms with van der Waals surface area (Å²) in [4.78, 5) is 33.6. The molecule has 0 aliphatic heterocycles. The number of amides is 2. The van der Waals surface area contributed by atoms with Gasteiger partial charge in [-0.2, -0.15) is 0 Å². The van der Waals surface area contributed by atoms with Crippen LogP contribution in [0.15, 0.2) is 42.0 Å². The normalized spacial score (nSPS) is 10.5. The van der Waals surface area contributed by atoms with Gasteiger partial charge in [-0.25, -0.2) is 14.4 Å². The van der Waals surface area contributed by atoms with Crippen molar-refractivity contribution in [3.8, 4) is 0 Å². The number of nitrogens with one attached hydrogen (secondary N) is 2. The van der Waals surface area contributed by atoms with E-state index in [0.717, 1.165) is 16.0 Å². The number of rotatable bonds is 6. The maximum Gasteiger partial charge on any atom is 0.270 e. The molecule has 0 bridgehead atoms. The number of halogens is 1. The summed E-state index contributed by atoms with van der Waals surface area (Å²) >= 11 is 1.57. The van der Waals surface area contributed by atoms with Crippen molar-refractivity contribution in [1.29, 1.82) is 0 Å². The van der Waals surface area contributed by atoms with E-state index in [4.69, 9.17) is 0 Å². The number of nitrogens with zero attached hydrogens (tertiary/aromatic N) is 2. The summed E-state index contributed by atoms with van der Waals surface area (Å²) in [6, 6.07) is 7.97. The molecule has 0 unspecified atom stereocenters. The van der Waals surface area contributed by atoms with Gasteiger partial charge in [0.15, 0.2) is 0 Å². The number of thiophene rings is 1. The topological polar surface area (TPSA) is 84.0 Å². The zero-order chi connectivity index (χ0) is 20.1. The first-order valence-electron chi connectivity index (χ1n) is 8.60. The molecule has 144 valence electrons. The minimum Gasteiger partial charge on any atom is -0.347 e. The highest BCUT2D eigenvalue weighted by Crippen LogP contribution is 2.15. The quantitative estimate of drug-likeness (QED) is 0.668. The smallest absolute Gasteiger partial charge is 0.270 e. The predicted molar refractivity (Wildman–Crippen MR) is 105 cm³/mol. The van der Waals surface area contributed by atoms with Crippen LogP contribution in [-0.2, 0) is 13.1 Å². The van der Waals surface area contributed by atoms with Gasteiger partial charge in [-0.3, -0.25) is 9.59 Å². The van der Waals surface area contributed by atoms with Gasteiger partial charge in [0.25, 0.3) is 11.8 Å². The summed E-state index contributed by atoms with van der Waals surface area (Å²) in [6.07, 6.45) is 1.18. The zero-order valence-electron chi connectivity index (χ0n) is 15.5. The summed E-state index contributed by atoms with van der Waals surface area (Å²) < 4.78 is 13.3. The molecular weight excluding hydrogens is 379 g/mol. The molecule has 0 aliphatic carbocycles. The minimum atomic E-state index is -0.437. The third-order valence-electron chi connectivity index (χ3n) is 4.19. The van der Waals surface area contributed by atoms with Crippen LogP contribution in [0.25, 0.3) is 0 Å². The molecule has 1 aromatic carbocycles. The highest BCUT2D eigenvalue weighted by molar-refractivity contribution is 7.10. The maximum absolute atomic E-state index is 13.3. The van der Waals surface area contributed by atoms with Crippen LogP contribution in [-0.4, -0.2) is 21.8 Å². The number of hydrogen-bond donors (Lipinski definition) is 2. The molecule has 0 spiro atoms. The molecule has 0 saturated carbocycles. The Morgan fingerprint density at radius 3 is 2.25 bits per heavy atom. The Bertz CT molecular complexity index is 1020. The number of carbonyl (C=O) groups excluding carboxylic acids is 2. The fourth-order valence-electron chi connectivity index (χ4n) is 2.53. The lowest BCUT2D eigenvalue weighted by atomic mass is 10.1. The second-order valence-electron chi connectivity index (χ2n) is 6.26. The highest BCUT2D eigenvalue weighted by Gasteiger charge is 2.14. The first kappa shape index (κ1) is 19.6. The van der Waals surface area contributed by atoms with Crippen molar-refractivity contribution in [2.45, 2.75) is 26.9 Å². The zero-order valence-corrected chi connectivity index (χ0v) is 16.3. The van der Waals surface area contributed by atoms with Crippen molar-refractivity contribution in [2.24, 2.45) is 0 Å². The van der Waals surface area contributed by atoms with Crippen LogP contribution in [0.1, 0.15) is 42.5 Å². The molecule has 28 heavy (non-hydrogen) atoms. The number of benzene rings is 1. The molecule has 3 rings (SSSR count). The monoisotopic (exact) mass is 398 g/mol. The Hall–Kier alpha value is -3.13. The number of aryl methyl sites for hydroxylation is 2. The summed E-state index contributed by atoms with van der Waals surface area (Å²) in [5, 5.41) is 7.46. The maximum atomic E-state index is 13.3. The second-order valence-corrected chi connectivity index (χ2v) is 7.26. The average Bonchev–Trinajstić information content (AvgIpc) is 3.11. The first-order chi connectivity index (χ1) is 13.4. The standard InChI is InChI=1S/C20H19FN4O2S/c1-12-5-6-28-18(12)10-23-20(27)17-8-16(24-11-25-17)19(26)22-9-14-3-4-15(21)13(2)7-14/h3-8,11H,9-10H2,1-2H3,(H,22,26)(H,23,27). The van der Waals surface area contributed by atoms with E-state index >= 15 is 0 Å². The van der Waals surface area contributed by atoms with Crippen molar-refractivity contribution < 1.29 is 14.0 Å². The average molecular weight is 398 g/mol. The van der Waals surface area contributed by atoms with Crippen LogP contribution in [0, 0.1) is 19.7 Å². The fourth-order valence-corrected chi connectivity index (χ4v) is 3.38. The van der Waals surface area contributed by atoms with E-state index in [-0.39, 0.29) is 29.7 Å². The molecule has 8 heteroatoms. The van der Waals surface area contributed by atoms with Crippen molar-refractivity contribution in [3.63, 3.8) is 0 Å². The lowest BCUT2D eigenvalue weighted by molar-refractivity contribution is 0.0944. The van der Waals surface area contributed by atoms with Gasteiger partial charge in [0, 0.05) is 17.5 Å². The van der Waals surface area contributed by atoms with E-state index in [1.807, 2.05) is 18.4 Å². The van der Waals surface area contributed by atoms with Crippen LogP contribution in [0.2, 0.25) is 0 Å². The van der Waals surface area contributed by atoms with Crippen LogP contribution in [0.4, 0.5) is 4.39 Å². The van der Waals surface area contributed by atoms with Crippen LogP contribution < -0.4 is 10.6 Å². The van der Waals surface area contributed by atoms with Gasteiger partial charge >= 0.3 is 0 Å². The largest absolute Gasteiger partial charge is 0.347 e. The number of hydrogen-bond acceptors (Lipinski definition) is 5. The van der Waals surface area contributed by atoms with Gasteiger partial charge in [-0.1, -0.05) is 12.1 Å². The molecule has 0 atom stereocenters. The SMILES string of the molecule is Cc1cc(CNC(=O)c2cc(C(=O)NCc3sccc3C)ncn2)ccc1F. The Morgan fingerprint density at radius 2 is 1.64 bits per heavy atom. The Morgan fingerprint density at radius 1 is 0.964 bits per heavy atom. The number of aromatic nitrogens is 2. The van der Waals surface area contributed by atoms with Crippen molar-refractivity contribution in [3.05, 3.63) is 80.8 Å². The van der Waals surface area contributed by atoms with Gasteiger partial charge in [0.05, 0.1) is 6.54 Å². The van der Waals surface area contributed by atoms with Crippen LogP contribution in [0.3, 0.4) is 0 Å². The van der Waals surface area contributed by atoms with Crippen molar-refractivity contribution in [2.75, 3.05) is 0 Å². The molecule has 0 aliphatic rings. The van der Waals surface area contributed by atoms with Gasteiger partial charge in [-0.15, -0.1) is 11.3 Å².